The fraction of sp³-hybridized carbons (Fsp3) is 0.542. The molecule has 0 radical (unpaired) electrons. The number of anilines is 1. The predicted molar refractivity (Wildman–Crippen MR) is 133 cm³/mol. The van der Waals surface area contributed by atoms with Crippen LogP contribution in [0.15, 0.2) is 41.6 Å². The number of carbonyl (C=O) groups is 1. The molecule has 1 fully saturated rings. The molecule has 0 spiro atoms. The lowest BCUT2D eigenvalue weighted by molar-refractivity contribution is -0.117. The summed E-state index contributed by atoms with van der Waals surface area (Å²) in [6, 6.07) is 6.54. The Bertz CT molecular complexity index is 1110. The standard InChI is InChI=1S/C24H34N3O5PS/c1-4-32-33(2,29)17-20-15-26-23(16-25-20)27-24(28)22(14-9-18-7-5-6-8-18)19-10-12-21(13-11-19)34(3,30)31/h10-13,15-16,18,22H,4-9,14,17H2,1-3H3,(H,26,27,28)/t22-,33?/m1/s1. The van der Waals surface area contributed by atoms with Gasteiger partial charge >= 0.3 is 0 Å². The molecule has 1 aromatic carbocycles. The topological polar surface area (TPSA) is 115 Å². The molecule has 1 amide bonds. The van der Waals surface area contributed by atoms with Crippen LogP contribution in [-0.4, -0.2) is 43.8 Å². The molecular formula is C24H34N3O5PS. The third-order valence-electron chi connectivity index (χ3n) is 6.17. The second-order valence-corrected chi connectivity index (χ2v) is 13.7. The van der Waals surface area contributed by atoms with Crippen molar-refractivity contribution in [2.75, 3.05) is 24.8 Å². The Labute approximate surface area is 202 Å². The Morgan fingerprint density at radius 2 is 1.85 bits per heavy atom. The lowest BCUT2D eigenvalue weighted by Gasteiger charge is -2.19. The van der Waals surface area contributed by atoms with Crippen molar-refractivity contribution in [3.05, 3.63) is 47.9 Å². The van der Waals surface area contributed by atoms with Crippen molar-refractivity contribution in [3.8, 4) is 0 Å². The first kappa shape index (κ1) is 26.5. The van der Waals surface area contributed by atoms with E-state index in [2.05, 4.69) is 15.3 Å². The molecule has 1 aliphatic carbocycles. The zero-order valence-corrected chi connectivity index (χ0v) is 21.8. The summed E-state index contributed by atoms with van der Waals surface area (Å²) in [5.41, 5.74) is 1.31. The minimum Gasteiger partial charge on any atom is -0.329 e. The van der Waals surface area contributed by atoms with E-state index < -0.39 is 23.1 Å². The molecule has 2 aromatic rings. The first-order valence-electron chi connectivity index (χ1n) is 11.7. The number of carbonyl (C=O) groups excluding carboxylic acids is 1. The molecule has 0 bridgehead atoms. The van der Waals surface area contributed by atoms with E-state index in [4.69, 9.17) is 4.52 Å². The Kier molecular flexibility index (Phi) is 9.01. The van der Waals surface area contributed by atoms with Gasteiger partial charge in [-0.05, 0) is 43.4 Å². The average Bonchev–Trinajstić information content (AvgIpc) is 3.28. The number of sulfone groups is 1. The zero-order chi connectivity index (χ0) is 24.8. The number of aromatic nitrogens is 2. The van der Waals surface area contributed by atoms with E-state index in [9.17, 15) is 17.8 Å². The largest absolute Gasteiger partial charge is 0.329 e. The van der Waals surface area contributed by atoms with Gasteiger partial charge in [-0.25, -0.2) is 13.4 Å². The molecule has 1 N–H and O–H groups in total. The maximum atomic E-state index is 13.2. The van der Waals surface area contributed by atoms with Gasteiger partial charge in [-0.1, -0.05) is 37.8 Å². The summed E-state index contributed by atoms with van der Waals surface area (Å²) >= 11 is 0. The van der Waals surface area contributed by atoms with Crippen molar-refractivity contribution in [3.63, 3.8) is 0 Å². The van der Waals surface area contributed by atoms with E-state index in [1.165, 1.54) is 44.3 Å². The Morgan fingerprint density at radius 3 is 2.41 bits per heavy atom. The van der Waals surface area contributed by atoms with E-state index in [0.717, 1.165) is 12.0 Å². The zero-order valence-electron chi connectivity index (χ0n) is 20.1. The molecule has 1 heterocycles. The van der Waals surface area contributed by atoms with Crippen molar-refractivity contribution in [1.82, 2.24) is 9.97 Å². The summed E-state index contributed by atoms with van der Waals surface area (Å²) in [5.74, 6) is 0.307. The molecule has 8 nitrogen and oxygen atoms in total. The number of hydrogen-bond donors (Lipinski definition) is 1. The Morgan fingerprint density at radius 1 is 1.18 bits per heavy atom. The second kappa shape index (κ2) is 11.6. The minimum absolute atomic E-state index is 0.179. The van der Waals surface area contributed by atoms with Gasteiger partial charge in [0.2, 0.25) is 13.3 Å². The third-order valence-corrected chi connectivity index (χ3v) is 9.00. The van der Waals surface area contributed by atoms with Crippen LogP contribution in [-0.2, 0) is 29.9 Å². The third kappa shape index (κ3) is 7.72. The van der Waals surface area contributed by atoms with Crippen LogP contribution in [0.2, 0.25) is 0 Å². The van der Waals surface area contributed by atoms with Crippen LogP contribution in [0.3, 0.4) is 0 Å². The molecule has 1 aromatic heterocycles. The van der Waals surface area contributed by atoms with Gasteiger partial charge < -0.3 is 9.84 Å². The van der Waals surface area contributed by atoms with Gasteiger partial charge in [0.05, 0.1) is 41.7 Å². The number of benzene rings is 1. The van der Waals surface area contributed by atoms with Gasteiger partial charge in [0.25, 0.3) is 0 Å². The summed E-state index contributed by atoms with van der Waals surface area (Å²) in [5, 5.41) is 2.84. The molecule has 0 saturated heterocycles. The van der Waals surface area contributed by atoms with Crippen LogP contribution in [0.4, 0.5) is 5.82 Å². The van der Waals surface area contributed by atoms with Crippen molar-refractivity contribution >= 4 is 28.9 Å². The number of nitrogens with zero attached hydrogens (tertiary/aromatic N) is 2. The maximum absolute atomic E-state index is 13.2. The number of hydrogen-bond acceptors (Lipinski definition) is 7. The van der Waals surface area contributed by atoms with Gasteiger partial charge in [-0.15, -0.1) is 0 Å². The van der Waals surface area contributed by atoms with Crippen LogP contribution in [0, 0.1) is 5.92 Å². The fourth-order valence-corrected chi connectivity index (χ4v) is 6.44. The number of nitrogens with one attached hydrogen (secondary N) is 1. The van der Waals surface area contributed by atoms with E-state index >= 15 is 0 Å². The first-order chi connectivity index (χ1) is 16.1. The minimum atomic E-state index is -3.31. The quantitative estimate of drug-likeness (QED) is 0.425. The molecule has 1 saturated carbocycles. The lowest BCUT2D eigenvalue weighted by atomic mass is 9.89. The highest BCUT2D eigenvalue weighted by molar-refractivity contribution is 7.90. The van der Waals surface area contributed by atoms with Gasteiger partial charge in [0.15, 0.2) is 15.7 Å². The maximum Gasteiger partial charge on any atom is 0.233 e. The fourth-order valence-electron chi connectivity index (χ4n) is 4.43. The molecule has 34 heavy (non-hydrogen) atoms. The molecule has 1 unspecified atom stereocenters. The molecule has 10 heteroatoms. The van der Waals surface area contributed by atoms with E-state index in [0.29, 0.717) is 30.5 Å². The molecular weight excluding hydrogens is 473 g/mol. The normalized spacial score (nSPS) is 17.3. The van der Waals surface area contributed by atoms with Gasteiger partial charge in [0.1, 0.15) is 0 Å². The van der Waals surface area contributed by atoms with Crippen LogP contribution in [0.25, 0.3) is 0 Å². The van der Waals surface area contributed by atoms with Crippen molar-refractivity contribution in [2.24, 2.45) is 5.92 Å². The van der Waals surface area contributed by atoms with Crippen LogP contribution in [0.1, 0.15) is 62.6 Å². The highest BCUT2D eigenvalue weighted by Crippen LogP contribution is 2.45. The highest BCUT2D eigenvalue weighted by atomic mass is 32.2. The van der Waals surface area contributed by atoms with Gasteiger partial charge in [-0.3, -0.25) is 14.3 Å². The van der Waals surface area contributed by atoms with E-state index in [1.807, 2.05) is 0 Å². The first-order valence-corrected chi connectivity index (χ1v) is 15.8. The molecule has 0 aliphatic heterocycles. The van der Waals surface area contributed by atoms with Gasteiger partial charge in [0, 0.05) is 12.9 Å². The van der Waals surface area contributed by atoms with Crippen molar-refractivity contribution < 1.29 is 22.3 Å². The summed E-state index contributed by atoms with van der Waals surface area (Å²) in [7, 11) is -6.09. The summed E-state index contributed by atoms with van der Waals surface area (Å²) in [4.78, 5) is 22.0. The molecule has 1 aliphatic rings. The number of rotatable bonds is 11. The molecule has 186 valence electrons. The Balaban J connectivity index is 1.73. The van der Waals surface area contributed by atoms with E-state index in [1.54, 1.807) is 37.9 Å². The highest BCUT2D eigenvalue weighted by Gasteiger charge is 2.25. The lowest BCUT2D eigenvalue weighted by Crippen LogP contribution is -2.22. The molecule has 3 rings (SSSR count). The SMILES string of the molecule is CCOP(C)(=O)Cc1cnc(NC(=O)[C@H](CCC2CCCC2)c2ccc(S(C)(=O)=O)cc2)cn1. The predicted octanol–water partition coefficient (Wildman–Crippen LogP) is 5.02. The van der Waals surface area contributed by atoms with Crippen LogP contribution in [0.5, 0.6) is 0 Å². The van der Waals surface area contributed by atoms with Gasteiger partial charge in [-0.2, -0.15) is 0 Å². The van der Waals surface area contributed by atoms with E-state index in [-0.39, 0.29) is 17.0 Å². The van der Waals surface area contributed by atoms with Crippen molar-refractivity contribution in [2.45, 2.75) is 62.4 Å². The van der Waals surface area contributed by atoms with Crippen molar-refractivity contribution in [1.29, 1.82) is 0 Å². The smallest absolute Gasteiger partial charge is 0.233 e. The summed E-state index contributed by atoms with van der Waals surface area (Å²) in [6.45, 7) is 3.72. The second-order valence-electron chi connectivity index (χ2n) is 9.09. The molecule has 2 atom stereocenters. The summed E-state index contributed by atoms with van der Waals surface area (Å²) < 4.78 is 41.3. The van der Waals surface area contributed by atoms with Crippen LogP contribution < -0.4 is 5.32 Å². The average molecular weight is 508 g/mol. The summed E-state index contributed by atoms with van der Waals surface area (Å²) in [6.07, 6.45) is 10.8. The van der Waals surface area contributed by atoms with Crippen LogP contribution >= 0.6 is 7.37 Å². The number of amides is 1. The monoisotopic (exact) mass is 507 g/mol. The Hall–Kier alpha value is -2.09.